The van der Waals surface area contributed by atoms with Gasteiger partial charge in [-0.05, 0) is 34.1 Å². The molecule has 1 aliphatic rings. The van der Waals surface area contributed by atoms with Crippen LogP contribution in [0.1, 0.15) is 34.1 Å². The zero-order valence-corrected chi connectivity index (χ0v) is 12.0. The molecule has 2 amide bonds. The van der Waals surface area contributed by atoms with Crippen LogP contribution in [0, 0.1) is 5.92 Å². The molecule has 1 N–H and O–H groups in total. The molecule has 1 aliphatic heterocycles. The molecule has 0 aromatic rings. The van der Waals surface area contributed by atoms with Crippen LogP contribution in [0.3, 0.4) is 0 Å². The second-order valence-corrected chi connectivity index (χ2v) is 5.83. The normalized spacial score (nSPS) is 19.2. The maximum absolute atomic E-state index is 11.8. The number of carbonyl (C=O) groups is 3. The third kappa shape index (κ3) is 5.28. The largest absolute Gasteiger partial charge is 0.444 e. The Hall–Kier alpha value is -1.59. The molecule has 0 bridgehead atoms. The van der Waals surface area contributed by atoms with E-state index in [4.69, 9.17) is 4.74 Å². The Morgan fingerprint density at radius 3 is 2.47 bits per heavy atom. The molecule has 1 atom stereocenters. The lowest BCUT2D eigenvalue weighted by atomic mass is 10.1. The number of hydrogen-bond donors (Lipinski definition) is 1. The number of ether oxygens (including phenoxy) is 1. The van der Waals surface area contributed by atoms with Gasteiger partial charge in [0.2, 0.25) is 5.91 Å². The number of ketones is 1. The SMILES string of the molecule is CC(=O)CNC(=O)[C@H]1CCN(C(=O)OC(C)(C)C)C1. The molecular formula is C13H22N2O4. The van der Waals surface area contributed by atoms with Crippen LogP contribution < -0.4 is 5.32 Å². The van der Waals surface area contributed by atoms with E-state index in [-0.39, 0.29) is 24.2 Å². The van der Waals surface area contributed by atoms with Crippen molar-refractivity contribution in [3.05, 3.63) is 0 Å². The first-order valence-electron chi connectivity index (χ1n) is 6.44. The third-order valence-corrected chi connectivity index (χ3v) is 2.72. The fourth-order valence-corrected chi connectivity index (χ4v) is 1.82. The minimum atomic E-state index is -0.536. The van der Waals surface area contributed by atoms with Gasteiger partial charge in [0.25, 0.3) is 0 Å². The average Bonchev–Trinajstić information content (AvgIpc) is 2.72. The van der Waals surface area contributed by atoms with Crippen molar-refractivity contribution >= 4 is 17.8 Å². The molecule has 1 heterocycles. The topological polar surface area (TPSA) is 75.7 Å². The van der Waals surface area contributed by atoms with Crippen LogP contribution in [-0.4, -0.2) is 47.9 Å². The lowest BCUT2D eigenvalue weighted by Crippen LogP contribution is -2.38. The first-order valence-corrected chi connectivity index (χ1v) is 6.44. The molecule has 0 unspecified atom stereocenters. The zero-order valence-electron chi connectivity index (χ0n) is 12.0. The van der Waals surface area contributed by atoms with Crippen molar-refractivity contribution in [2.75, 3.05) is 19.6 Å². The van der Waals surface area contributed by atoms with E-state index in [2.05, 4.69) is 5.32 Å². The number of nitrogens with zero attached hydrogens (tertiary/aromatic N) is 1. The Kier molecular flexibility index (Phi) is 4.91. The van der Waals surface area contributed by atoms with Crippen LogP contribution in [0.4, 0.5) is 4.79 Å². The lowest BCUT2D eigenvalue weighted by molar-refractivity contribution is -0.127. The lowest BCUT2D eigenvalue weighted by Gasteiger charge is -2.24. The smallest absolute Gasteiger partial charge is 0.410 e. The molecule has 0 aliphatic carbocycles. The minimum absolute atomic E-state index is 0.0434. The van der Waals surface area contributed by atoms with Gasteiger partial charge in [0.05, 0.1) is 12.5 Å². The molecule has 0 aromatic heterocycles. The van der Waals surface area contributed by atoms with Crippen molar-refractivity contribution in [1.82, 2.24) is 10.2 Å². The van der Waals surface area contributed by atoms with Crippen LogP contribution in [0.5, 0.6) is 0 Å². The van der Waals surface area contributed by atoms with E-state index < -0.39 is 11.7 Å². The predicted molar refractivity (Wildman–Crippen MR) is 69.6 cm³/mol. The first kappa shape index (κ1) is 15.5. The van der Waals surface area contributed by atoms with Gasteiger partial charge in [0, 0.05) is 13.1 Å². The third-order valence-electron chi connectivity index (χ3n) is 2.72. The van der Waals surface area contributed by atoms with Crippen LogP contribution >= 0.6 is 0 Å². The van der Waals surface area contributed by atoms with Gasteiger partial charge in [0.15, 0.2) is 0 Å². The predicted octanol–water partition coefficient (Wildman–Crippen LogP) is 0.949. The average molecular weight is 270 g/mol. The fraction of sp³-hybridized carbons (Fsp3) is 0.769. The maximum Gasteiger partial charge on any atom is 0.410 e. The second-order valence-electron chi connectivity index (χ2n) is 5.83. The number of carbonyl (C=O) groups excluding carboxylic acids is 3. The molecule has 0 radical (unpaired) electrons. The van der Waals surface area contributed by atoms with Gasteiger partial charge >= 0.3 is 6.09 Å². The van der Waals surface area contributed by atoms with Gasteiger partial charge in [-0.2, -0.15) is 0 Å². The minimum Gasteiger partial charge on any atom is -0.444 e. The highest BCUT2D eigenvalue weighted by Gasteiger charge is 2.33. The highest BCUT2D eigenvalue weighted by atomic mass is 16.6. The summed E-state index contributed by atoms with van der Waals surface area (Å²) in [6, 6.07) is 0. The number of amides is 2. The van der Waals surface area contributed by atoms with Gasteiger partial charge in [-0.1, -0.05) is 0 Å². The molecule has 0 spiro atoms. The van der Waals surface area contributed by atoms with Crippen molar-refractivity contribution in [2.24, 2.45) is 5.92 Å². The number of Topliss-reactive ketones (excluding diaryl/α,β-unsaturated/α-hetero) is 1. The highest BCUT2D eigenvalue weighted by Crippen LogP contribution is 2.19. The Labute approximate surface area is 113 Å². The van der Waals surface area contributed by atoms with Crippen molar-refractivity contribution in [3.8, 4) is 0 Å². The summed E-state index contributed by atoms with van der Waals surface area (Å²) in [6.07, 6.45) is 0.206. The molecule has 1 saturated heterocycles. The van der Waals surface area contributed by atoms with E-state index in [0.717, 1.165) is 0 Å². The Morgan fingerprint density at radius 1 is 1.32 bits per heavy atom. The van der Waals surface area contributed by atoms with E-state index in [1.807, 2.05) is 0 Å². The Bertz CT molecular complexity index is 373. The Morgan fingerprint density at radius 2 is 1.95 bits per heavy atom. The number of likely N-dealkylation sites (tertiary alicyclic amines) is 1. The van der Waals surface area contributed by atoms with Crippen LogP contribution in [0.15, 0.2) is 0 Å². The quantitative estimate of drug-likeness (QED) is 0.828. The van der Waals surface area contributed by atoms with E-state index in [1.165, 1.54) is 11.8 Å². The van der Waals surface area contributed by atoms with Gasteiger partial charge in [-0.15, -0.1) is 0 Å². The van der Waals surface area contributed by atoms with Crippen molar-refractivity contribution in [1.29, 1.82) is 0 Å². The number of nitrogens with one attached hydrogen (secondary N) is 1. The summed E-state index contributed by atoms with van der Waals surface area (Å²) >= 11 is 0. The van der Waals surface area contributed by atoms with E-state index in [1.54, 1.807) is 20.8 Å². The summed E-state index contributed by atoms with van der Waals surface area (Å²) in [5, 5.41) is 2.56. The zero-order chi connectivity index (χ0) is 14.6. The van der Waals surface area contributed by atoms with Gasteiger partial charge in [0.1, 0.15) is 11.4 Å². The van der Waals surface area contributed by atoms with E-state index in [0.29, 0.717) is 19.5 Å². The molecule has 0 aromatic carbocycles. The van der Waals surface area contributed by atoms with Crippen LogP contribution in [0.25, 0.3) is 0 Å². The molecule has 1 rings (SSSR count). The van der Waals surface area contributed by atoms with Crippen molar-refractivity contribution in [3.63, 3.8) is 0 Å². The second kappa shape index (κ2) is 6.04. The summed E-state index contributed by atoms with van der Waals surface area (Å²) in [5.74, 6) is -0.525. The fourth-order valence-electron chi connectivity index (χ4n) is 1.82. The molecule has 108 valence electrons. The summed E-state index contributed by atoms with van der Waals surface area (Å²) in [7, 11) is 0. The van der Waals surface area contributed by atoms with Crippen LogP contribution in [0.2, 0.25) is 0 Å². The molecular weight excluding hydrogens is 248 g/mol. The highest BCUT2D eigenvalue weighted by molar-refractivity contribution is 5.86. The molecule has 0 saturated carbocycles. The summed E-state index contributed by atoms with van der Waals surface area (Å²) in [6.45, 7) is 7.73. The molecule has 6 heteroatoms. The number of rotatable bonds is 3. The molecule has 6 nitrogen and oxygen atoms in total. The summed E-state index contributed by atoms with van der Waals surface area (Å²) < 4.78 is 5.25. The monoisotopic (exact) mass is 270 g/mol. The van der Waals surface area contributed by atoms with Gasteiger partial charge in [-0.3, -0.25) is 9.59 Å². The Balaban J connectivity index is 2.43. The number of hydrogen-bond acceptors (Lipinski definition) is 4. The summed E-state index contributed by atoms with van der Waals surface area (Å²) in [4.78, 5) is 35.9. The van der Waals surface area contributed by atoms with E-state index in [9.17, 15) is 14.4 Å². The molecule has 19 heavy (non-hydrogen) atoms. The van der Waals surface area contributed by atoms with Gasteiger partial charge < -0.3 is 15.0 Å². The van der Waals surface area contributed by atoms with Crippen molar-refractivity contribution in [2.45, 2.75) is 39.7 Å². The van der Waals surface area contributed by atoms with Gasteiger partial charge in [-0.25, -0.2) is 4.79 Å². The standard InChI is InChI=1S/C13H22N2O4/c1-9(16)7-14-11(17)10-5-6-15(8-10)12(18)19-13(2,3)4/h10H,5-8H2,1-4H3,(H,14,17)/t10-/m0/s1. The van der Waals surface area contributed by atoms with Crippen LogP contribution in [-0.2, 0) is 14.3 Å². The maximum atomic E-state index is 11.8. The first-order chi connectivity index (χ1) is 8.69. The van der Waals surface area contributed by atoms with Crippen molar-refractivity contribution < 1.29 is 19.1 Å². The molecule has 1 fully saturated rings. The van der Waals surface area contributed by atoms with E-state index >= 15 is 0 Å². The summed E-state index contributed by atoms with van der Waals surface area (Å²) in [5.41, 5.74) is -0.536.